The zero-order valence-corrected chi connectivity index (χ0v) is 49.0. The fourth-order valence-corrected chi connectivity index (χ4v) is 10.1. The first-order valence-corrected chi connectivity index (χ1v) is 32.7. The Morgan fingerprint density at radius 3 is 0.694 bits per heavy atom. The van der Waals surface area contributed by atoms with Gasteiger partial charge in [0.2, 0.25) is 0 Å². The Balaban J connectivity index is 4.21. The molecule has 6 nitrogen and oxygen atoms in total. The van der Waals surface area contributed by atoms with E-state index >= 15 is 0 Å². The highest BCUT2D eigenvalue weighted by Gasteiger charge is 2.19. The van der Waals surface area contributed by atoms with Gasteiger partial charge in [-0.05, 0) is 44.9 Å². The van der Waals surface area contributed by atoms with Gasteiger partial charge in [-0.15, -0.1) is 0 Å². The van der Waals surface area contributed by atoms with Gasteiger partial charge < -0.3 is 14.2 Å². The van der Waals surface area contributed by atoms with Crippen molar-refractivity contribution in [3.8, 4) is 0 Å². The second-order valence-corrected chi connectivity index (χ2v) is 22.4. The Morgan fingerprint density at radius 1 is 0.264 bits per heavy atom. The fourth-order valence-electron chi connectivity index (χ4n) is 10.1. The monoisotopic (exact) mass is 1010 g/mol. The Hall–Kier alpha value is -1.85. The van der Waals surface area contributed by atoms with Crippen molar-refractivity contribution in [2.45, 2.75) is 380 Å². The van der Waals surface area contributed by atoms with Crippen LogP contribution in [0.2, 0.25) is 0 Å². The number of carbonyl (C=O) groups is 3. The summed E-state index contributed by atoms with van der Waals surface area (Å²) in [5.41, 5.74) is 0. The second-order valence-electron chi connectivity index (χ2n) is 22.4. The van der Waals surface area contributed by atoms with Gasteiger partial charge in [-0.1, -0.05) is 322 Å². The first-order chi connectivity index (χ1) is 35.5. The lowest BCUT2D eigenvalue weighted by Crippen LogP contribution is -2.30. The Labute approximate surface area is 450 Å². The van der Waals surface area contributed by atoms with E-state index in [1.54, 1.807) is 0 Å². The maximum atomic E-state index is 12.9. The van der Waals surface area contributed by atoms with E-state index in [0.717, 1.165) is 57.8 Å². The first kappa shape index (κ1) is 70.1. The lowest BCUT2D eigenvalue weighted by atomic mass is 10.0. The predicted molar refractivity (Wildman–Crippen MR) is 312 cm³/mol. The van der Waals surface area contributed by atoms with Crippen LogP contribution < -0.4 is 0 Å². The number of unbranched alkanes of at least 4 members (excludes halogenated alkanes) is 48. The molecule has 0 fully saturated rings. The SMILES string of the molecule is CCCCCCCCCC/C=C\CCCCCCCCCCCC(=O)OC(COC(=O)CCCCCCCCCCCCC)COC(=O)CCCCCCCCCCCCCCCCCCCCCCCC. The molecule has 1 unspecified atom stereocenters. The minimum absolute atomic E-state index is 0.0643. The highest BCUT2D eigenvalue weighted by molar-refractivity contribution is 5.71. The standard InChI is InChI=1S/C66H126O6/c1-4-7-10-13-16-19-22-24-26-28-30-32-34-35-37-39-41-44-47-50-53-56-59-65(68)71-62-63(61-70-64(67)58-55-52-49-46-43-21-18-15-12-9-6-3)72-66(69)60-57-54-51-48-45-42-40-38-36-33-31-29-27-25-23-20-17-14-11-8-5-2/h29,31,63H,4-28,30,32-62H2,1-3H3/b31-29-. The molecule has 0 saturated heterocycles. The average Bonchev–Trinajstić information content (AvgIpc) is 3.38. The molecule has 0 aromatic heterocycles. The van der Waals surface area contributed by atoms with Crippen LogP contribution in [0.1, 0.15) is 374 Å². The second kappa shape index (κ2) is 61.7. The molecule has 0 aliphatic heterocycles. The smallest absolute Gasteiger partial charge is 0.306 e. The molecule has 72 heavy (non-hydrogen) atoms. The molecule has 0 aliphatic carbocycles. The molecule has 0 amide bonds. The van der Waals surface area contributed by atoms with Gasteiger partial charge in [0.1, 0.15) is 13.2 Å². The lowest BCUT2D eigenvalue weighted by Gasteiger charge is -2.18. The first-order valence-electron chi connectivity index (χ1n) is 32.7. The molecule has 426 valence electrons. The minimum Gasteiger partial charge on any atom is -0.462 e. The zero-order chi connectivity index (χ0) is 52.2. The van der Waals surface area contributed by atoms with E-state index in [-0.39, 0.29) is 31.1 Å². The summed E-state index contributed by atoms with van der Waals surface area (Å²) < 4.78 is 16.9. The maximum absolute atomic E-state index is 12.9. The lowest BCUT2D eigenvalue weighted by molar-refractivity contribution is -0.167. The minimum atomic E-state index is -0.766. The molecule has 0 N–H and O–H groups in total. The summed E-state index contributed by atoms with van der Waals surface area (Å²) in [7, 11) is 0. The predicted octanol–water partition coefficient (Wildman–Crippen LogP) is 22.1. The van der Waals surface area contributed by atoms with Crippen molar-refractivity contribution in [1.29, 1.82) is 0 Å². The van der Waals surface area contributed by atoms with Gasteiger partial charge in [-0.3, -0.25) is 14.4 Å². The largest absolute Gasteiger partial charge is 0.462 e. The van der Waals surface area contributed by atoms with Gasteiger partial charge in [-0.25, -0.2) is 0 Å². The number of esters is 3. The van der Waals surface area contributed by atoms with Crippen LogP contribution in [0.15, 0.2) is 12.2 Å². The number of carbonyl (C=O) groups excluding carboxylic acids is 3. The van der Waals surface area contributed by atoms with Crippen LogP contribution in [0.3, 0.4) is 0 Å². The van der Waals surface area contributed by atoms with Crippen molar-refractivity contribution in [2.24, 2.45) is 0 Å². The van der Waals surface area contributed by atoms with Gasteiger partial charge in [0.25, 0.3) is 0 Å². The number of hydrogen-bond acceptors (Lipinski definition) is 6. The van der Waals surface area contributed by atoms with Crippen LogP contribution in [-0.2, 0) is 28.6 Å². The molecule has 0 radical (unpaired) electrons. The normalized spacial score (nSPS) is 12.0. The Kier molecular flexibility index (Phi) is 60.1. The van der Waals surface area contributed by atoms with E-state index in [4.69, 9.17) is 14.2 Å². The Bertz CT molecular complexity index is 1120. The summed E-state index contributed by atoms with van der Waals surface area (Å²) in [4.78, 5) is 38.3. The molecule has 0 spiro atoms. The van der Waals surface area contributed by atoms with E-state index in [2.05, 4.69) is 32.9 Å². The third kappa shape index (κ3) is 59.0. The van der Waals surface area contributed by atoms with Crippen LogP contribution in [0, 0.1) is 0 Å². The molecular weight excluding hydrogens is 889 g/mol. The molecule has 0 aromatic rings. The molecule has 0 aromatic carbocycles. The van der Waals surface area contributed by atoms with Crippen LogP contribution in [-0.4, -0.2) is 37.2 Å². The third-order valence-electron chi connectivity index (χ3n) is 15.0. The van der Waals surface area contributed by atoms with Gasteiger partial charge in [0, 0.05) is 19.3 Å². The molecule has 0 saturated carbocycles. The molecular formula is C66H126O6. The number of hydrogen-bond donors (Lipinski definition) is 0. The van der Waals surface area contributed by atoms with Gasteiger partial charge in [0.15, 0.2) is 6.10 Å². The third-order valence-corrected chi connectivity index (χ3v) is 15.0. The molecule has 6 heteroatoms. The van der Waals surface area contributed by atoms with E-state index < -0.39 is 6.10 Å². The summed E-state index contributed by atoms with van der Waals surface area (Å²) in [6, 6.07) is 0. The maximum Gasteiger partial charge on any atom is 0.306 e. The van der Waals surface area contributed by atoms with Crippen molar-refractivity contribution < 1.29 is 28.6 Å². The van der Waals surface area contributed by atoms with E-state index in [1.807, 2.05) is 0 Å². The number of allylic oxidation sites excluding steroid dienone is 2. The number of rotatable bonds is 61. The highest BCUT2D eigenvalue weighted by atomic mass is 16.6. The fraction of sp³-hybridized carbons (Fsp3) is 0.924. The van der Waals surface area contributed by atoms with Gasteiger partial charge >= 0.3 is 17.9 Å². The zero-order valence-electron chi connectivity index (χ0n) is 49.0. The summed E-state index contributed by atoms with van der Waals surface area (Å²) in [6.07, 6.45) is 72.3. The summed E-state index contributed by atoms with van der Waals surface area (Å²) in [5.74, 6) is -0.837. The van der Waals surface area contributed by atoms with Crippen molar-refractivity contribution in [2.75, 3.05) is 13.2 Å². The highest BCUT2D eigenvalue weighted by Crippen LogP contribution is 2.18. The van der Waals surface area contributed by atoms with Crippen molar-refractivity contribution >= 4 is 17.9 Å². The van der Waals surface area contributed by atoms with Crippen LogP contribution in [0.4, 0.5) is 0 Å². The number of ether oxygens (including phenoxy) is 3. The topological polar surface area (TPSA) is 78.9 Å². The van der Waals surface area contributed by atoms with Crippen molar-refractivity contribution in [3.05, 3.63) is 12.2 Å². The van der Waals surface area contributed by atoms with Gasteiger partial charge in [0.05, 0.1) is 0 Å². The van der Waals surface area contributed by atoms with E-state index in [9.17, 15) is 14.4 Å². The Morgan fingerprint density at radius 2 is 0.458 bits per heavy atom. The van der Waals surface area contributed by atoms with E-state index in [1.165, 1.54) is 276 Å². The van der Waals surface area contributed by atoms with Crippen LogP contribution >= 0.6 is 0 Å². The van der Waals surface area contributed by atoms with Crippen molar-refractivity contribution in [3.63, 3.8) is 0 Å². The molecule has 0 heterocycles. The molecule has 0 bridgehead atoms. The van der Waals surface area contributed by atoms with Crippen LogP contribution in [0.25, 0.3) is 0 Å². The summed E-state index contributed by atoms with van der Waals surface area (Å²) in [6.45, 7) is 6.71. The van der Waals surface area contributed by atoms with E-state index in [0.29, 0.717) is 19.3 Å². The van der Waals surface area contributed by atoms with Crippen LogP contribution in [0.5, 0.6) is 0 Å². The van der Waals surface area contributed by atoms with Crippen molar-refractivity contribution in [1.82, 2.24) is 0 Å². The molecule has 0 aliphatic rings. The average molecular weight is 1020 g/mol. The van der Waals surface area contributed by atoms with Gasteiger partial charge in [-0.2, -0.15) is 0 Å². The summed E-state index contributed by atoms with van der Waals surface area (Å²) >= 11 is 0. The molecule has 1 atom stereocenters. The molecule has 0 rings (SSSR count). The summed E-state index contributed by atoms with van der Waals surface area (Å²) in [5, 5.41) is 0. The quantitative estimate of drug-likeness (QED) is 0.0261.